The van der Waals surface area contributed by atoms with Crippen LogP contribution >= 0.6 is 0 Å². The smallest absolute Gasteiger partial charge is 0.224 e. The Balaban J connectivity index is 2.47. The average molecular weight is 252 g/mol. The van der Waals surface area contributed by atoms with Gasteiger partial charge in [0.15, 0.2) is 0 Å². The first-order valence-electron chi connectivity index (χ1n) is 6.29. The highest BCUT2D eigenvalue weighted by Gasteiger charge is 2.20. The Kier molecular flexibility index (Phi) is 5.28. The molecule has 0 saturated carbocycles. The van der Waals surface area contributed by atoms with Gasteiger partial charge in [0.05, 0.1) is 6.42 Å². The molecule has 1 amide bonds. The van der Waals surface area contributed by atoms with E-state index in [1.54, 1.807) is 12.1 Å². The van der Waals surface area contributed by atoms with Crippen molar-refractivity contribution in [2.75, 3.05) is 6.54 Å². The molecule has 0 spiro atoms. The third kappa shape index (κ3) is 4.45. The topological polar surface area (TPSA) is 55.1 Å². The van der Waals surface area contributed by atoms with Gasteiger partial charge in [0, 0.05) is 12.1 Å². The Morgan fingerprint density at radius 1 is 1.39 bits per heavy atom. The third-order valence-electron chi connectivity index (χ3n) is 3.30. The van der Waals surface area contributed by atoms with Crippen LogP contribution in [0, 0.1) is 5.82 Å². The van der Waals surface area contributed by atoms with Crippen molar-refractivity contribution in [2.24, 2.45) is 5.73 Å². The van der Waals surface area contributed by atoms with Crippen LogP contribution in [0.25, 0.3) is 0 Å². The summed E-state index contributed by atoms with van der Waals surface area (Å²) in [6, 6.07) is 6.07. The van der Waals surface area contributed by atoms with Crippen LogP contribution in [-0.4, -0.2) is 18.0 Å². The zero-order valence-electron chi connectivity index (χ0n) is 11.0. The molecule has 0 heterocycles. The fraction of sp³-hybridized carbons (Fsp3) is 0.500. The molecule has 0 aromatic heterocycles. The monoisotopic (exact) mass is 252 g/mol. The summed E-state index contributed by atoms with van der Waals surface area (Å²) in [4.78, 5) is 11.7. The lowest BCUT2D eigenvalue weighted by atomic mass is 9.94. The molecule has 1 aromatic rings. The molecule has 0 radical (unpaired) electrons. The van der Waals surface area contributed by atoms with Crippen molar-refractivity contribution in [1.29, 1.82) is 0 Å². The van der Waals surface area contributed by atoms with Gasteiger partial charge < -0.3 is 11.1 Å². The first-order chi connectivity index (χ1) is 8.49. The molecule has 3 N–H and O–H groups in total. The lowest BCUT2D eigenvalue weighted by Gasteiger charge is -2.26. The van der Waals surface area contributed by atoms with Gasteiger partial charge in [-0.05, 0) is 30.5 Å². The van der Waals surface area contributed by atoms with Crippen molar-refractivity contribution in [1.82, 2.24) is 5.32 Å². The minimum Gasteiger partial charge on any atom is -0.354 e. The number of rotatable bonds is 6. The maximum atomic E-state index is 13.0. The van der Waals surface area contributed by atoms with Crippen LogP contribution in [-0.2, 0) is 11.2 Å². The fourth-order valence-electron chi connectivity index (χ4n) is 1.67. The molecule has 1 aromatic carbocycles. The van der Waals surface area contributed by atoms with Gasteiger partial charge in [0.2, 0.25) is 5.91 Å². The molecule has 0 aliphatic carbocycles. The summed E-state index contributed by atoms with van der Waals surface area (Å²) >= 11 is 0. The van der Waals surface area contributed by atoms with Gasteiger partial charge in [0.25, 0.3) is 0 Å². The van der Waals surface area contributed by atoms with Gasteiger partial charge in [-0.3, -0.25) is 4.79 Å². The standard InChI is InChI=1S/C14H21FN2O/c1-3-14(16,4-2)10-17-13(18)9-11-6-5-7-12(15)8-11/h5-8H,3-4,9-10,16H2,1-2H3,(H,17,18). The molecular formula is C14H21FN2O. The molecular weight excluding hydrogens is 231 g/mol. The van der Waals surface area contributed by atoms with Crippen LogP contribution in [0.2, 0.25) is 0 Å². The van der Waals surface area contributed by atoms with E-state index in [9.17, 15) is 9.18 Å². The SMILES string of the molecule is CCC(N)(CC)CNC(=O)Cc1cccc(F)c1. The van der Waals surface area contributed by atoms with E-state index in [1.165, 1.54) is 12.1 Å². The quantitative estimate of drug-likeness (QED) is 0.813. The van der Waals surface area contributed by atoms with Crippen LogP contribution in [0.4, 0.5) is 4.39 Å². The summed E-state index contributed by atoms with van der Waals surface area (Å²) in [5, 5.41) is 2.81. The maximum absolute atomic E-state index is 13.0. The highest BCUT2D eigenvalue weighted by Crippen LogP contribution is 2.09. The number of benzene rings is 1. The molecule has 0 aliphatic rings. The van der Waals surface area contributed by atoms with E-state index in [-0.39, 0.29) is 23.7 Å². The van der Waals surface area contributed by atoms with Gasteiger partial charge in [-0.1, -0.05) is 26.0 Å². The largest absolute Gasteiger partial charge is 0.354 e. The summed E-state index contributed by atoms with van der Waals surface area (Å²) in [6.07, 6.45) is 1.80. The number of carbonyl (C=O) groups excluding carboxylic acids is 1. The highest BCUT2D eigenvalue weighted by molar-refractivity contribution is 5.78. The minimum absolute atomic E-state index is 0.127. The first kappa shape index (κ1) is 14.6. The number of nitrogens with one attached hydrogen (secondary N) is 1. The second-order valence-electron chi connectivity index (χ2n) is 4.65. The van der Waals surface area contributed by atoms with Crippen molar-refractivity contribution in [3.63, 3.8) is 0 Å². The molecule has 0 fully saturated rings. The van der Waals surface area contributed by atoms with Gasteiger partial charge in [0.1, 0.15) is 5.82 Å². The molecule has 4 heteroatoms. The second-order valence-corrected chi connectivity index (χ2v) is 4.65. The predicted octanol–water partition coefficient (Wildman–Crippen LogP) is 2.00. The molecule has 1 rings (SSSR count). The Morgan fingerprint density at radius 3 is 2.61 bits per heavy atom. The van der Waals surface area contributed by atoms with E-state index in [1.807, 2.05) is 13.8 Å². The van der Waals surface area contributed by atoms with Crippen molar-refractivity contribution >= 4 is 5.91 Å². The van der Waals surface area contributed by atoms with E-state index in [0.717, 1.165) is 12.8 Å². The van der Waals surface area contributed by atoms with Crippen molar-refractivity contribution in [3.05, 3.63) is 35.6 Å². The molecule has 0 saturated heterocycles. The fourth-order valence-corrected chi connectivity index (χ4v) is 1.67. The highest BCUT2D eigenvalue weighted by atomic mass is 19.1. The molecule has 3 nitrogen and oxygen atoms in total. The van der Waals surface area contributed by atoms with E-state index in [0.29, 0.717) is 12.1 Å². The lowest BCUT2D eigenvalue weighted by Crippen LogP contribution is -2.49. The Morgan fingerprint density at radius 2 is 2.06 bits per heavy atom. The molecule has 18 heavy (non-hydrogen) atoms. The Bertz CT molecular complexity index is 403. The minimum atomic E-state index is -0.350. The molecule has 0 bridgehead atoms. The summed E-state index contributed by atoms with van der Waals surface area (Å²) in [5.41, 5.74) is 6.41. The summed E-state index contributed by atoms with van der Waals surface area (Å²) in [5.74, 6) is -0.451. The van der Waals surface area contributed by atoms with Gasteiger partial charge in [-0.15, -0.1) is 0 Å². The Hall–Kier alpha value is -1.42. The maximum Gasteiger partial charge on any atom is 0.224 e. The van der Waals surface area contributed by atoms with Gasteiger partial charge in [-0.25, -0.2) is 4.39 Å². The number of hydrogen-bond donors (Lipinski definition) is 2. The molecule has 100 valence electrons. The average Bonchev–Trinajstić information content (AvgIpc) is 2.36. The van der Waals surface area contributed by atoms with Gasteiger partial charge >= 0.3 is 0 Å². The Labute approximate surface area is 108 Å². The number of nitrogens with two attached hydrogens (primary N) is 1. The number of halogens is 1. The lowest BCUT2D eigenvalue weighted by molar-refractivity contribution is -0.120. The van der Waals surface area contributed by atoms with Crippen LogP contribution in [0.1, 0.15) is 32.3 Å². The van der Waals surface area contributed by atoms with Crippen molar-refractivity contribution in [3.8, 4) is 0 Å². The molecule has 0 unspecified atom stereocenters. The summed E-state index contributed by atoms with van der Waals surface area (Å²) in [6.45, 7) is 4.46. The van der Waals surface area contributed by atoms with E-state index < -0.39 is 0 Å². The molecule has 0 aliphatic heterocycles. The zero-order chi connectivity index (χ0) is 13.6. The number of amides is 1. The van der Waals surface area contributed by atoms with Crippen molar-refractivity contribution < 1.29 is 9.18 Å². The van der Waals surface area contributed by atoms with Crippen LogP contribution in [0.15, 0.2) is 24.3 Å². The molecule has 0 atom stereocenters. The predicted molar refractivity (Wildman–Crippen MR) is 70.6 cm³/mol. The van der Waals surface area contributed by atoms with Crippen LogP contribution < -0.4 is 11.1 Å². The normalized spacial score (nSPS) is 11.3. The van der Waals surface area contributed by atoms with Crippen LogP contribution in [0.5, 0.6) is 0 Å². The van der Waals surface area contributed by atoms with E-state index in [2.05, 4.69) is 5.32 Å². The summed E-state index contributed by atoms with van der Waals surface area (Å²) in [7, 11) is 0. The van der Waals surface area contributed by atoms with Crippen LogP contribution in [0.3, 0.4) is 0 Å². The zero-order valence-corrected chi connectivity index (χ0v) is 11.0. The number of hydrogen-bond acceptors (Lipinski definition) is 2. The summed E-state index contributed by atoms with van der Waals surface area (Å²) < 4.78 is 13.0. The second kappa shape index (κ2) is 6.50. The third-order valence-corrected chi connectivity index (χ3v) is 3.30. The first-order valence-corrected chi connectivity index (χ1v) is 6.29. The van der Waals surface area contributed by atoms with E-state index >= 15 is 0 Å². The van der Waals surface area contributed by atoms with Gasteiger partial charge in [-0.2, -0.15) is 0 Å². The van der Waals surface area contributed by atoms with E-state index in [4.69, 9.17) is 5.73 Å². The van der Waals surface area contributed by atoms with Crippen molar-refractivity contribution in [2.45, 2.75) is 38.6 Å². The number of carbonyl (C=O) groups is 1.